The van der Waals surface area contributed by atoms with E-state index in [0.29, 0.717) is 24.7 Å². The number of hydrogen-bond donors (Lipinski definition) is 2. The van der Waals surface area contributed by atoms with Crippen LogP contribution in [-0.4, -0.2) is 23.5 Å². The van der Waals surface area contributed by atoms with Crippen LogP contribution in [0.4, 0.5) is 0 Å². The monoisotopic (exact) mass is 267 g/mol. The minimum atomic E-state index is -0.820. The summed E-state index contributed by atoms with van der Waals surface area (Å²) in [5, 5.41) is 12.2. The molecule has 0 aromatic heterocycles. The van der Waals surface area contributed by atoms with Crippen LogP contribution in [0.15, 0.2) is 0 Å². The minimum absolute atomic E-state index is 0.0451. The minimum Gasteiger partial charge on any atom is -0.481 e. The van der Waals surface area contributed by atoms with Crippen LogP contribution >= 0.6 is 0 Å². The molecule has 19 heavy (non-hydrogen) atoms. The number of rotatable bonds is 4. The summed E-state index contributed by atoms with van der Waals surface area (Å²) in [6, 6.07) is 0. The second kappa shape index (κ2) is 5.93. The van der Waals surface area contributed by atoms with Gasteiger partial charge in [-0.25, -0.2) is 0 Å². The third kappa shape index (κ3) is 3.48. The number of carbonyl (C=O) groups is 2. The van der Waals surface area contributed by atoms with Crippen molar-refractivity contribution in [2.75, 3.05) is 6.54 Å². The van der Waals surface area contributed by atoms with E-state index in [1.165, 1.54) is 19.3 Å². The normalized spacial score (nSPS) is 38.3. The van der Waals surface area contributed by atoms with Crippen LogP contribution < -0.4 is 5.32 Å². The molecule has 2 aliphatic rings. The molecular weight excluding hydrogens is 242 g/mol. The summed E-state index contributed by atoms with van der Waals surface area (Å²) in [6.45, 7) is 5.00. The number of carbonyl (C=O) groups excluding carboxylic acids is 1. The van der Waals surface area contributed by atoms with Gasteiger partial charge in [-0.05, 0) is 43.4 Å². The van der Waals surface area contributed by atoms with Crippen molar-refractivity contribution in [3.05, 3.63) is 0 Å². The molecule has 2 saturated carbocycles. The third-order valence-corrected chi connectivity index (χ3v) is 4.82. The quantitative estimate of drug-likeness (QED) is 0.821. The molecule has 0 saturated heterocycles. The number of aliphatic carboxylic acids is 1. The van der Waals surface area contributed by atoms with E-state index in [1.54, 1.807) is 0 Å². The maximum atomic E-state index is 12.2. The second-order valence-corrected chi connectivity index (χ2v) is 6.66. The van der Waals surface area contributed by atoms with E-state index in [1.807, 2.05) is 6.92 Å². The summed E-state index contributed by atoms with van der Waals surface area (Å²) in [6.07, 6.45) is 4.96. The van der Waals surface area contributed by atoms with Crippen LogP contribution in [0.3, 0.4) is 0 Å². The topological polar surface area (TPSA) is 66.4 Å². The SMILES string of the molecule is CC1CCC(CNC(=O)[C@H]2CC(C)C[C@H]2C(=O)O)C1. The van der Waals surface area contributed by atoms with Crippen molar-refractivity contribution >= 4 is 11.9 Å². The van der Waals surface area contributed by atoms with Gasteiger partial charge in [-0.15, -0.1) is 0 Å². The van der Waals surface area contributed by atoms with Crippen molar-refractivity contribution in [2.45, 2.75) is 46.0 Å². The molecule has 4 nitrogen and oxygen atoms in total. The van der Waals surface area contributed by atoms with Gasteiger partial charge >= 0.3 is 5.97 Å². The number of carboxylic acid groups (broad SMARTS) is 1. The molecule has 2 N–H and O–H groups in total. The van der Waals surface area contributed by atoms with Gasteiger partial charge in [0.2, 0.25) is 5.91 Å². The fourth-order valence-corrected chi connectivity index (χ4v) is 3.74. The molecule has 5 atom stereocenters. The Hall–Kier alpha value is -1.06. The molecule has 0 radical (unpaired) electrons. The molecule has 0 aromatic carbocycles. The molecule has 0 spiro atoms. The van der Waals surface area contributed by atoms with E-state index in [-0.39, 0.29) is 11.8 Å². The molecule has 1 amide bonds. The summed E-state index contributed by atoms with van der Waals surface area (Å²) in [5.41, 5.74) is 0. The predicted molar refractivity (Wildman–Crippen MR) is 72.5 cm³/mol. The number of amides is 1. The van der Waals surface area contributed by atoms with Crippen molar-refractivity contribution in [3.63, 3.8) is 0 Å². The molecule has 2 fully saturated rings. The lowest BCUT2D eigenvalue weighted by Gasteiger charge is -2.17. The van der Waals surface area contributed by atoms with E-state index in [2.05, 4.69) is 12.2 Å². The second-order valence-electron chi connectivity index (χ2n) is 6.66. The number of nitrogens with one attached hydrogen (secondary N) is 1. The van der Waals surface area contributed by atoms with Gasteiger partial charge in [-0.3, -0.25) is 9.59 Å². The van der Waals surface area contributed by atoms with Crippen molar-refractivity contribution in [2.24, 2.45) is 29.6 Å². The molecule has 0 aromatic rings. The predicted octanol–water partition coefficient (Wildman–Crippen LogP) is 2.29. The summed E-state index contributed by atoms with van der Waals surface area (Å²) in [7, 11) is 0. The molecule has 0 bridgehead atoms. The lowest BCUT2D eigenvalue weighted by atomic mass is 9.95. The molecule has 4 heteroatoms. The van der Waals surface area contributed by atoms with E-state index in [9.17, 15) is 14.7 Å². The summed E-state index contributed by atoms with van der Waals surface area (Å²) in [4.78, 5) is 23.4. The van der Waals surface area contributed by atoms with Crippen molar-refractivity contribution < 1.29 is 14.7 Å². The Bertz CT molecular complexity index is 355. The van der Waals surface area contributed by atoms with Gasteiger partial charge in [0.05, 0.1) is 11.8 Å². The molecule has 0 aliphatic heterocycles. The number of carboxylic acids is 1. The summed E-state index contributed by atoms with van der Waals surface area (Å²) >= 11 is 0. The van der Waals surface area contributed by atoms with Gasteiger partial charge in [-0.2, -0.15) is 0 Å². The van der Waals surface area contributed by atoms with Gasteiger partial charge in [0.15, 0.2) is 0 Å². The standard InChI is InChI=1S/C15H25NO3/c1-9-3-4-11(5-9)8-16-14(17)12-6-10(2)7-13(12)15(18)19/h9-13H,3-8H2,1-2H3,(H,16,17)(H,18,19)/t9?,10?,11?,12-,13+/m0/s1. The zero-order valence-corrected chi connectivity index (χ0v) is 11.9. The smallest absolute Gasteiger partial charge is 0.307 e. The fourth-order valence-electron chi connectivity index (χ4n) is 3.74. The maximum Gasteiger partial charge on any atom is 0.307 e. The number of hydrogen-bond acceptors (Lipinski definition) is 2. The van der Waals surface area contributed by atoms with Crippen LogP contribution in [0.25, 0.3) is 0 Å². The van der Waals surface area contributed by atoms with Crippen LogP contribution in [0.5, 0.6) is 0 Å². The highest BCUT2D eigenvalue weighted by molar-refractivity contribution is 5.85. The molecule has 3 unspecified atom stereocenters. The fraction of sp³-hybridized carbons (Fsp3) is 0.867. The lowest BCUT2D eigenvalue weighted by molar-refractivity contribution is -0.146. The Morgan fingerprint density at radius 1 is 1.05 bits per heavy atom. The first kappa shape index (κ1) is 14.4. The van der Waals surface area contributed by atoms with Crippen LogP contribution in [0.1, 0.15) is 46.0 Å². The Labute approximate surface area is 115 Å². The molecule has 108 valence electrons. The third-order valence-electron chi connectivity index (χ3n) is 4.82. The lowest BCUT2D eigenvalue weighted by Crippen LogP contribution is -2.37. The van der Waals surface area contributed by atoms with E-state index in [0.717, 1.165) is 12.5 Å². The van der Waals surface area contributed by atoms with Crippen molar-refractivity contribution in [1.29, 1.82) is 0 Å². The van der Waals surface area contributed by atoms with Crippen molar-refractivity contribution in [3.8, 4) is 0 Å². The van der Waals surface area contributed by atoms with E-state index in [4.69, 9.17) is 0 Å². The summed E-state index contributed by atoms with van der Waals surface area (Å²) < 4.78 is 0. The molecular formula is C15H25NO3. The van der Waals surface area contributed by atoms with Gasteiger partial charge in [0.25, 0.3) is 0 Å². The highest BCUT2D eigenvalue weighted by atomic mass is 16.4. The first-order valence-corrected chi connectivity index (χ1v) is 7.48. The zero-order valence-electron chi connectivity index (χ0n) is 11.9. The highest BCUT2D eigenvalue weighted by Gasteiger charge is 2.41. The van der Waals surface area contributed by atoms with Gasteiger partial charge in [0, 0.05) is 6.54 Å². The molecule has 2 aliphatic carbocycles. The van der Waals surface area contributed by atoms with E-state index < -0.39 is 11.9 Å². The van der Waals surface area contributed by atoms with Crippen LogP contribution in [0.2, 0.25) is 0 Å². The van der Waals surface area contributed by atoms with Crippen LogP contribution in [0, 0.1) is 29.6 Å². The average molecular weight is 267 g/mol. The Morgan fingerprint density at radius 3 is 2.32 bits per heavy atom. The van der Waals surface area contributed by atoms with Gasteiger partial charge < -0.3 is 10.4 Å². The van der Waals surface area contributed by atoms with E-state index >= 15 is 0 Å². The Balaban J connectivity index is 1.83. The maximum absolute atomic E-state index is 12.2. The average Bonchev–Trinajstić information content (AvgIpc) is 2.92. The van der Waals surface area contributed by atoms with Gasteiger partial charge in [-0.1, -0.05) is 20.3 Å². The first-order chi connectivity index (χ1) is 8.97. The summed E-state index contributed by atoms with van der Waals surface area (Å²) in [5.74, 6) is 0.00343. The Morgan fingerprint density at radius 2 is 1.74 bits per heavy atom. The van der Waals surface area contributed by atoms with Crippen molar-refractivity contribution in [1.82, 2.24) is 5.32 Å². The van der Waals surface area contributed by atoms with Gasteiger partial charge in [0.1, 0.15) is 0 Å². The Kier molecular flexibility index (Phi) is 4.48. The molecule has 2 rings (SSSR count). The highest BCUT2D eigenvalue weighted by Crippen LogP contribution is 2.36. The first-order valence-electron chi connectivity index (χ1n) is 7.48. The molecule has 0 heterocycles. The largest absolute Gasteiger partial charge is 0.481 e. The van der Waals surface area contributed by atoms with Crippen LogP contribution in [-0.2, 0) is 9.59 Å². The zero-order chi connectivity index (χ0) is 14.0.